The Morgan fingerprint density at radius 1 is 0.515 bits per heavy atom. The van der Waals surface area contributed by atoms with Crippen LogP contribution in [-0.2, 0) is 0 Å². The molecule has 7 aromatic rings. The van der Waals surface area contributed by atoms with Gasteiger partial charge in [0.05, 0.1) is 5.69 Å². The van der Waals surface area contributed by atoms with Gasteiger partial charge in [0.1, 0.15) is 0 Å². The van der Waals surface area contributed by atoms with Crippen molar-refractivity contribution < 1.29 is 0 Å². The molecule has 0 heterocycles. The molecular weight excluding hydrogens is 797 g/mol. The van der Waals surface area contributed by atoms with E-state index in [1.807, 2.05) is 12.1 Å². The highest BCUT2D eigenvalue weighted by Crippen LogP contribution is 2.42. The minimum absolute atomic E-state index is 0.605. The molecule has 0 spiro atoms. The molecule has 0 saturated carbocycles. The van der Waals surface area contributed by atoms with Gasteiger partial charge >= 0.3 is 0 Å². The topological polar surface area (TPSA) is 6.48 Å². The summed E-state index contributed by atoms with van der Waals surface area (Å²) in [6.45, 7) is 29.0. The van der Waals surface area contributed by atoms with Crippen molar-refractivity contribution in [2.24, 2.45) is 0 Å². The summed E-state index contributed by atoms with van der Waals surface area (Å²) >= 11 is 0. The number of fused-ring (bicyclic) bond motifs is 1. The van der Waals surface area contributed by atoms with Crippen LogP contribution in [0.15, 0.2) is 304 Å². The predicted molar refractivity (Wildman–Crippen MR) is 289 cm³/mol. The number of para-hydroxylation sites is 3. The molecule has 0 aliphatic heterocycles. The molecule has 322 valence electrons. The lowest BCUT2D eigenvalue weighted by Crippen LogP contribution is -2.20. The number of hydrogen-bond acceptors (Lipinski definition) is 2. The van der Waals surface area contributed by atoms with Gasteiger partial charge in [-0.25, -0.2) is 0 Å². The first-order valence-corrected chi connectivity index (χ1v) is 22.2. The van der Waals surface area contributed by atoms with Crippen molar-refractivity contribution in [1.82, 2.24) is 0 Å². The zero-order valence-electron chi connectivity index (χ0n) is 37.7. The highest BCUT2D eigenvalue weighted by Gasteiger charge is 2.19. The van der Waals surface area contributed by atoms with Gasteiger partial charge in [-0.05, 0) is 122 Å². The molecule has 7 rings (SSSR count). The molecule has 0 unspecified atom stereocenters. The van der Waals surface area contributed by atoms with Gasteiger partial charge in [0, 0.05) is 40.4 Å². The molecule has 0 aliphatic carbocycles. The monoisotopic (exact) mass is 852 g/mol. The first-order chi connectivity index (χ1) is 32.3. The second kappa shape index (κ2) is 22.2. The summed E-state index contributed by atoms with van der Waals surface area (Å²) in [4.78, 5) is 4.55. The van der Waals surface area contributed by atoms with Gasteiger partial charge < -0.3 is 9.80 Å². The van der Waals surface area contributed by atoms with Crippen LogP contribution in [-0.4, -0.2) is 0 Å². The lowest BCUT2D eigenvalue weighted by molar-refractivity contribution is 1.04. The average molecular weight is 853 g/mol. The van der Waals surface area contributed by atoms with E-state index >= 15 is 0 Å². The van der Waals surface area contributed by atoms with Crippen LogP contribution in [0.1, 0.15) is 18.4 Å². The lowest BCUT2D eigenvalue weighted by atomic mass is 9.94. The molecule has 0 N–H and O–H groups in total. The Kier molecular flexibility index (Phi) is 15.4. The second-order valence-electron chi connectivity index (χ2n) is 15.7. The largest absolute Gasteiger partial charge is 0.314 e. The van der Waals surface area contributed by atoms with Gasteiger partial charge in [-0.2, -0.15) is 0 Å². The first kappa shape index (κ1) is 45.6. The molecule has 0 aliphatic rings. The normalized spacial score (nSPS) is 11.2. The summed E-state index contributed by atoms with van der Waals surface area (Å²) in [5.74, 6) is 0. The van der Waals surface area contributed by atoms with Gasteiger partial charge in [-0.1, -0.05) is 216 Å². The van der Waals surface area contributed by atoms with Crippen LogP contribution < -0.4 is 9.80 Å². The highest BCUT2D eigenvalue weighted by molar-refractivity contribution is 5.97. The van der Waals surface area contributed by atoms with Crippen LogP contribution in [0.2, 0.25) is 0 Å². The van der Waals surface area contributed by atoms with Crippen LogP contribution in [0, 0.1) is 0 Å². The fraction of sp³-hybridized carbons (Fsp3) is 0.0312. The van der Waals surface area contributed by atoms with E-state index in [0.29, 0.717) is 12.8 Å². The summed E-state index contributed by atoms with van der Waals surface area (Å²) < 4.78 is 0. The number of anilines is 4. The zero-order chi connectivity index (χ0) is 46.3. The van der Waals surface area contributed by atoms with Crippen molar-refractivity contribution in [3.8, 4) is 22.3 Å². The van der Waals surface area contributed by atoms with Gasteiger partial charge in [-0.15, -0.1) is 0 Å². The standard InChI is InChI=1S/C64H56N2/c1-8-12-33-59(65(56-34-15-13-16-35-56)49(6)28-20-19-27-48(5)50(7)60(11-4)52(9-2)10-3)47-51-29-25-32-55(46-51)63-39-23-24-41-64(63)66(57-36-17-14-18-37-57)58-44-42-54(43-45-58)62-40-26-31-53-30-21-22-38-61(53)62/h8-26,29-47H,1-7,27-28H2/b20-19-,33-12-,59-47-. The molecule has 7 aromatic carbocycles. The van der Waals surface area contributed by atoms with Gasteiger partial charge in [0.2, 0.25) is 0 Å². The summed E-state index contributed by atoms with van der Waals surface area (Å²) in [5, 5.41) is 2.47. The second-order valence-corrected chi connectivity index (χ2v) is 15.7. The minimum atomic E-state index is 0.605. The van der Waals surface area contributed by atoms with E-state index in [0.717, 1.165) is 73.1 Å². The molecule has 2 heteroatoms. The Labute approximate surface area is 392 Å². The van der Waals surface area contributed by atoms with Crippen LogP contribution in [0.3, 0.4) is 0 Å². The average Bonchev–Trinajstić information content (AvgIpc) is 3.37. The molecule has 0 saturated heterocycles. The predicted octanol–water partition coefficient (Wildman–Crippen LogP) is 18.1. The lowest BCUT2D eigenvalue weighted by Gasteiger charge is -2.28. The summed E-state index contributed by atoms with van der Waals surface area (Å²) in [5.41, 5.74) is 15.2. The molecular formula is C64H56N2. The van der Waals surface area contributed by atoms with Gasteiger partial charge in [0.15, 0.2) is 0 Å². The molecule has 0 bridgehead atoms. The Morgan fingerprint density at radius 3 is 1.83 bits per heavy atom. The van der Waals surface area contributed by atoms with Crippen molar-refractivity contribution in [2.75, 3.05) is 9.80 Å². The molecule has 0 radical (unpaired) electrons. The number of benzene rings is 7. The quantitative estimate of drug-likeness (QED) is 0.0557. The van der Waals surface area contributed by atoms with Crippen molar-refractivity contribution in [3.05, 3.63) is 310 Å². The summed E-state index contributed by atoms with van der Waals surface area (Å²) in [6.07, 6.45) is 18.8. The molecule has 66 heavy (non-hydrogen) atoms. The fourth-order valence-electron chi connectivity index (χ4n) is 8.16. The van der Waals surface area contributed by atoms with E-state index in [1.54, 1.807) is 24.3 Å². The third-order valence-electron chi connectivity index (χ3n) is 11.5. The van der Waals surface area contributed by atoms with E-state index in [1.165, 1.54) is 21.9 Å². The molecule has 2 nitrogen and oxygen atoms in total. The van der Waals surface area contributed by atoms with E-state index in [9.17, 15) is 0 Å². The smallest absolute Gasteiger partial charge is 0.0540 e. The number of hydrogen-bond donors (Lipinski definition) is 0. The number of allylic oxidation sites excluding steroid dienone is 12. The van der Waals surface area contributed by atoms with Crippen molar-refractivity contribution in [1.29, 1.82) is 0 Å². The fourth-order valence-corrected chi connectivity index (χ4v) is 8.16. The van der Waals surface area contributed by atoms with E-state index in [2.05, 4.69) is 250 Å². The highest BCUT2D eigenvalue weighted by atomic mass is 15.2. The minimum Gasteiger partial charge on any atom is -0.314 e. The van der Waals surface area contributed by atoms with Crippen LogP contribution in [0.4, 0.5) is 22.7 Å². The molecule has 0 aromatic heterocycles. The van der Waals surface area contributed by atoms with Crippen molar-refractivity contribution in [2.45, 2.75) is 12.8 Å². The van der Waals surface area contributed by atoms with E-state index < -0.39 is 0 Å². The van der Waals surface area contributed by atoms with Crippen LogP contribution in [0.25, 0.3) is 39.1 Å². The van der Waals surface area contributed by atoms with Crippen LogP contribution in [0.5, 0.6) is 0 Å². The first-order valence-electron chi connectivity index (χ1n) is 22.2. The maximum atomic E-state index is 4.62. The molecule has 0 fully saturated rings. The maximum Gasteiger partial charge on any atom is 0.0540 e. The Bertz CT molecular complexity index is 3010. The number of rotatable bonds is 20. The summed E-state index contributed by atoms with van der Waals surface area (Å²) in [7, 11) is 0. The third kappa shape index (κ3) is 10.7. The third-order valence-corrected chi connectivity index (χ3v) is 11.5. The maximum absolute atomic E-state index is 4.62. The van der Waals surface area contributed by atoms with Crippen LogP contribution >= 0.6 is 0 Å². The SMILES string of the molecule is C=C/C=C\C(=C\c1cccc(-c2ccccc2N(c2ccccc2)c2ccc(-c3cccc4ccccc34)cc2)c1)N(C(=C)C/C=C\CC(=C)C(=C)C(C=C)=C(C=C)C=C)c1ccccc1. The van der Waals surface area contributed by atoms with Gasteiger partial charge in [0.25, 0.3) is 0 Å². The zero-order valence-corrected chi connectivity index (χ0v) is 37.7. The van der Waals surface area contributed by atoms with E-state index in [4.69, 9.17) is 0 Å². The number of nitrogens with zero attached hydrogens (tertiary/aromatic N) is 2. The Hall–Kier alpha value is -8.46. The molecule has 0 amide bonds. The Balaban J connectivity index is 1.22. The van der Waals surface area contributed by atoms with Gasteiger partial charge in [-0.3, -0.25) is 0 Å². The Morgan fingerprint density at radius 2 is 1.12 bits per heavy atom. The van der Waals surface area contributed by atoms with E-state index in [-0.39, 0.29) is 0 Å². The molecule has 0 atom stereocenters. The van der Waals surface area contributed by atoms with Crippen molar-refractivity contribution >= 4 is 39.6 Å². The van der Waals surface area contributed by atoms with Crippen molar-refractivity contribution in [3.63, 3.8) is 0 Å². The summed E-state index contributed by atoms with van der Waals surface area (Å²) in [6, 6.07) is 62.3.